The molecule has 2 aromatic rings. The van der Waals surface area contributed by atoms with Crippen LogP contribution in [0.25, 0.3) is 10.9 Å². The van der Waals surface area contributed by atoms with Crippen molar-refractivity contribution in [2.45, 2.75) is 33.2 Å². The minimum Gasteiger partial charge on any atom is -0.380 e. The molecule has 0 atom stereocenters. The molecule has 0 radical (unpaired) electrons. The Balaban J connectivity index is 2.59. The predicted molar refractivity (Wildman–Crippen MR) is 69.9 cm³/mol. The first-order chi connectivity index (χ1) is 7.47. The lowest BCUT2D eigenvalue weighted by molar-refractivity contribution is 0.635. The fourth-order valence-electron chi connectivity index (χ4n) is 1.83. The zero-order valence-corrected chi connectivity index (χ0v) is 10.3. The maximum Gasteiger partial charge on any atom is 0.0751 e. The minimum atomic E-state index is 0.0675. The number of hydrogen-bond donors (Lipinski definition) is 1. The molecular weight excluding hydrogens is 196 g/mol. The second kappa shape index (κ2) is 3.78. The highest BCUT2D eigenvalue weighted by Gasteiger charge is 2.12. The van der Waals surface area contributed by atoms with Gasteiger partial charge in [0.25, 0.3) is 0 Å². The summed E-state index contributed by atoms with van der Waals surface area (Å²) in [6.07, 6.45) is 1.84. The number of hydrogen-bond acceptors (Lipinski definition) is 2. The van der Waals surface area contributed by atoms with E-state index in [1.54, 1.807) is 0 Å². The van der Waals surface area contributed by atoms with Gasteiger partial charge in [0, 0.05) is 22.8 Å². The minimum absolute atomic E-state index is 0.0675. The number of aromatic nitrogens is 1. The quantitative estimate of drug-likeness (QED) is 0.782. The molecule has 0 aliphatic rings. The Hall–Kier alpha value is -1.57. The van der Waals surface area contributed by atoms with Crippen LogP contribution in [0.1, 0.15) is 26.3 Å². The average molecular weight is 214 g/mol. The monoisotopic (exact) mass is 214 g/mol. The number of pyridine rings is 1. The molecule has 0 amide bonds. The Kier molecular flexibility index (Phi) is 2.58. The number of aryl methyl sites for hydroxylation is 1. The van der Waals surface area contributed by atoms with Gasteiger partial charge >= 0.3 is 0 Å². The molecule has 2 rings (SSSR count). The van der Waals surface area contributed by atoms with Crippen molar-refractivity contribution in [1.82, 2.24) is 4.98 Å². The van der Waals surface area contributed by atoms with Crippen molar-refractivity contribution in [2.24, 2.45) is 0 Å². The molecule has 2 heteroatoms. The maximum absolute atomic E-state index is 4.43. The van der Waals surface area contributed by atoms with Crippen molar-refractivity contribution in [3.05, 3.63) is 36.0 Å². The van der Waals surface area contributed by atoms with Crippen molar-refractivity contribution >= 4 is 16.6 Å². The van der Waals surface area contributed by atoms with Gasteiger partial charge in [-0.05, 0) is 51.5 Å². The van der Waals surface area contributed by atoms with E-state index >= 15 is 0 Å². The van der Waals surface area contributed by atoms with Crippen LogP contribution in [0, 0.1) is 6.92 Å². The number of rotatable bonds is 1. The van der Waals surface area contributed by atoms with Crippen LogP contribution in [-0.4, -0.2) is 10.5 Å². The largest absolute Gasteiger partial charge is 0.380 e. The fourth-order valence-corrected chi connectivity index (χ4v) is 1.83. The lowest BCUT2D eigenvalue weighted by Gasteiger charge is -2.23. The molecule has 1 heterocycles. The highest BCUT2D eigenvalue weighted by atomic mass is 15.0. The SMILES string of the molecule is Cc1ccc(NC(C)(C)C)c2cccnc12. The van der Waals surface area contributed by atoms with E-state index in [4.69, 9.17) is 0 Å². The van der Waals surface area contributed by atoms with Gasteiger partial charge in [0.05, 0.1) is 5.52 Å². The van der Waals surface area contributed by atoms with E-state index in [2.05, 4.69) is 56.2 Å². The lowest BCUT2D eigenvalue weighted by Crippen LogP contribution is -2.26. The molecule has 0 fully saturated rings. The van der Waals surface area contributed by atoms with E-state index in [9.17, 15) is 0 Å². The maximum atomic E-state index is 4.43. The van der Waals surface area contributed by atoms with E-state index in [1.165, 1.54) is 10.9 Å². The van der Waals surface area contributed by atoms with E-state index in [0.29, 0.717) is 0 Å². The third-order valence-electron chi connectivity index (χ3n) is 2.48. The lowest BCUT2D eigenvalue weighted by atomic mass is 10.0. The summed E-state index contributed by atoms with van der Waals surface area (Å²) in [5, 5.41) is 4.70. The second-order valence-electron chi connectivity index (χ2n) is 5.20. The standard InChI is InChI=1S/C14H18N2/c1-10-7-8-12(16-14(2,3)4)11-6-5-9-15-13(10)11/h5-9,16H,1-4H3. The molecule has 16 heavy (non-hydrogen) atoms. The van der Waals surface area contributed by atoms with Gasteiger partial charge in [-0.15, -0.1) is 0 Å². The smallest absolute Gasteiger partial charge is 0.0751 e. The predicted octanol–water partition coefficient (Wildman–Crippen LogP) is 3.75. The van der Waals surface area contributed by atoms with Crippen molar-refractivity contribution in [2.75, 3.05) is 5.32 Å². The molecule has 0 spiro atoms. The first kappa shape index (κ1) is 10.9. The molecule has 84 valence electrons. The summed E-state index contributed by atoms with van der Waals surface area (Å²) in [5.41, 5.74) is 3.52. The van der Waals surface area contributed by atoms with Gasteiger partial charge in [0.1, 0.15) is 0 Å². The molecule has 2 nitrogen and oxygen atoms in total. The summed E-state index contributed by atoms with van der Waals surface area (Å²) >= 11 is 0. The Labute approximate surface area is 96.7 Å². The molecule has 1 aromatic heterocycles. The number of nitrogens with one attached hydrogen (secondary N) is 1. The first-order valence-corrected chi connectivity index (χ1v) is 5.60. The number of nitrogens with zero attached hydrogens (tertiary/aromatic N) is 1. The Morgan fingerprint density at radius 2 is 1.88 bits per heavy atom. The molecular formula is C14H18N2. The molecule has 0 bridgehead atoms. The summed E-state index contributed by atoms with van der Waals surface area (Å²) in [5.74, 6) is 0. The second-order valence-corrected chi connectivity index (χ2v) is 5.20. The van der Waals surface area contributed by atoms with Crippen LogP contribution in [0.15, 0.2) is 30.5 Å². The van der Waals surface area contributed by atoms with Gasteiger partial charge in [0.2, 0.25) is 0 Å². The van der Waals surface area contributed by atoms with E-state index in [1.807, 2.05) is 12.3 Å². The molecule has 0 aliphatic carbocycles. The van der Waals surface area contributed by atoms with Crippen LogP contribution in [0.3, 0.4) is 0 Å². The third-order valence-corrected chi connectivity index (χ3v) is 2.48. The van der Waals surface area contributed by atoms with Crippen LogP contribution < -0.4 is 5.32 Å². The van der Waals surface area contributed by atoms with Crippen LogP contribution in [-0.2, 0) is 0 Å². The Morgan fingerprint density at radius 1 is 1.12 bits per heavy atom. The van der Waals surface area contributed by atoms with Gasteiger partial charge in [-0.1, -0.05) is 6.07 Å². The van der Waals surface area contributed by atoms with Gasteiger partial charge in [0.15, 0.2) is 0 Å². The zero-order chi connectivity index (χ0) is 11.8. The summed E-state index contributed by atoms with van der Waals surface area (Å²) in [6.45, 7) is 8.58. The van der Waals surface area contributed by atoms with E-state index < -0.39 is 0 Å². The van der Waals surface area contributed by atoms with Crippen molar-refractivity contribution in [3.63, 3.8) is 0 Å². The van der Waals surface area contributed by atoms with Crippen LogP contribution in [0.5, 0.6) is 0 Å². The van der Waals surface area contributed by atoms with Crippen LogP contribution >= 0.6 is 0 Å². The third kappa shape index (κ3) is 2.16. The average Bonchev–Trinajstić information content (AvgIpc) is 2.21. The van der Waals surface area contributed by atoms with Gasteiger partial charge < -0.3 is 5.32 Å². The molecule has 0 aliphatic heterocycles. The van der Waals surface area contributed by atoms with Crippen molar-refractivity contribution in [1.29, 1.82) is 0 Å². The highest BCUT2D eigenvalue weighted by molar-refractivity contribution is 5.93. The van der Waals surface area contributed by atoms with Gasteiger partial charge in [-0.25, -0.2) is 0 Å². The number of anilines is 1. The molecule has 1 aromatic carbocycles. The summed E-state index contributed by atoms with van der Waals surface area (Å²) in [7, 11) is 0. The van der Waals surface area contributed by atoms with Crippen LogP contribution in [0.2, 0.25) is 0 Å². The highest BCUT2D eigenvalue weighted by Crippen LogP contribution is 2.26. The van der Waals surface area contributed by atoms with Crippen molar-refractivity contribution < 1.29 is 0 Å². The Morgan fingerprint density at radius 3 is 2.56 bits per heavy atom. The van der Waals surface area contributed by atoms with E-state index in [-0.39, 0.29) is 5.54 Å². The van der Waals surface area contributed by atoms with Crippen molar-refractivity contribution in [3.8, 4) is 0 Å². The van der Waals surface area contributed by atoms with E-state index in [0.717, 1.165) is 11.2 Å². The normalized spacial score (nSPS) is 11.8. The fraction of sp³-hybridized carbons (Fsp3) is 0.357. The zero-order valence-electron chi connectivity index (χ0n) is 10.3. The summed E-state index contributed by atoms with van der Waals surface area (Å²) < 4.78 is 0. The number of benzene rings is 1. The topological polar surface area (TPSA) is 24.9 Å². The molecule has 0 saturated carbocycles. The first-order valence-electron chi connectivity index (χ1n) is 5.60. The molecule has 0 unspecified atom stereocenters. The van der Waals surface area contributed by atoms with Gasteiger partial charge in [-0.2, -0.15) is 0 Å². The summed E-state index contributed by atoms with van der Waals surface area (Å²) in [6, 6.07) is 8.34. The van der Waals surface area contributed by atoms with Gasteiger partial charge in [-0.3, -0.25) is 4.98 Å². The molecule has 0 saturated heterocycles. The summed E-state index contributed by atoms with van der Waals surface area (Å²) in [4.78, 5) is 4.43. The molecule has 1 N–H and O–H groups in total. The number of fused-ring (bicyclic) bond motifs is 1. The van der Waals surface area contributed by atoms with Crippen LogP contribution in [0.4, 0.5) is 5.69 Å². The Bertz CT molecular complexity index is 510.